The number of rotatable bonds is 4. The van der Waals surface area contributed by atoms with Crippen molar-refractivity contribution >= 4 is 0 Å². The molecule has 5 heteroatoms. The lowest BCUT2D eigenvalue weighted by Crippen LogP contribution is -2.39. The van der Waals surface area contributed by atoms with Crippen LogP contribution in [0, 0.1) is 0 Å². The highest BCUT2D eigenvalue weighted by atomic mass is 19.4. The Morgan fingerprint density at radius 1 is 1.33 bits per heavy atom. The lowest BCUT2D eigenvalue weighted by atomic mass is 10.2. The zero-order chi connectivity index (χ0) is 9.78. The van der Waals surface area contributed by atoms with Gasteiger partial charge in [0.25, 0.3) is 0 Å². The van der Waals surface area contributed by atoms with Crippen LogP contribution in [0.5, 0.6) is 0 Å². The van der Waals surface area contributed by atoms with Crippen LogP contribution in [0.15, 0.2) is 0 Å². The molecule has 0 aliphatic heterocycles. The van der Waals surface area contributed by atoms with Gasteiger partial charge in [0.15, 0.2) is 0 Å². The Morgan fingerprint density at radius 3 is 2.08 bits per heavy atom. The maximum atomic E-state index is 11.9. The number of likely N-dealkylation sites (N-methyl/N-ethyl adjacent to an activating group) is 2. The highest BCUT2D eigenvalue weighted by Gasteiger charge is 2.31. The van der Waals surface area contributed by atoms with Crippen molar-refractivity contribution in [3.05, 3.63) is 0 Å². The maximum absolute atomic E-state index is 11.9. The van der Waals surface area contributed by atoms with Gasteiger partial charge in [-0.3, -0.25) is 0 Å². The third-order valence-electron chi connectivity index (χ3n) is 1.47. The molecule has 0 spiro atoms. The van der Waals surface area contributed by atoms with Crippen molar-refractivity contribution in [1.29, 1.82) is 0 Å². The predicted molar refractivity (Wildman–Crippen MR) is 42.1 cm³/mol. The molecule has 0 heterocycles. The summed E-state index contributed by atoms with van der Waals surface area (Å²) < 4.78 is 35.7. The zero-order valence-corrected chi connectivity index (χ0v) is 7.57. The minimum Gasteiger partial charge on any atom is -0.315 e. The summed E-state index contributed by atoms with van der Waals surface area (Å²) >= 11 is 0. The van der Waals surface area contributed by atoms with E-state index in [4.69, 9.17) is 0 Å². The number of halogens is 3. The van der Waals surface area contributed by atoms with Gasteiger partial charge in [0, 0.05) is 12.6 Å². The van der Waals surface area contributed by atoms with E-state index in [0.717, 1.165) is 0 Å². The Kier molecular flexibility index (Phi) is 4.55. The first-order chi connectivity index (χ1) is 5.35. The molecule has 0 aliphatic carbocycles. The van der Waals surface area contributed by atoms with Crippen molar-refractivity contribution in [3.8, 4) is 0 Å². The molecule has 0 aromatic heterocycles. The molecule has 0 bridgehead atoms. The normalized spacial score (nSPS) is 15.2. The van der Waals surface area contributed by atoms with E-state index >= 15 is 0 Å². The van der Waals surface area contributed by atoms with Gasteiger partial charge in [-0.05, 0) is 21.1 Å². The Bertz CT molecular complexity index is 122. The van der Waals surface area contributed by atoms with E-state index in [9.17, 15) is 13.2 Å². The number of nitrogens with zero attached hydrogens (tertiary/aromatic N) is 1. The van der Waals surface area contributed by atoms with Gasteiger partial charge in [0.2, 0.25) is 0 Å². The summed E-state index contributed by atoms with van der Waals surface area (Å²) in [4.78, 5) is 1.73. The Hall–Kier alpha value is -0.290. The molecule has 0 fully saturated rings. The van der Waals surface area contributed by atoms with Gasteiger partial charge in [-0.15, -0.1) is 0 Å². The molecule has 1 atom stereocenters. The van der Waals surface area contributed by atoms with Crippen molar-refractivity contribution in [2.75, 3.05) is 27.7 Å². The molecule has 0 rings (SSSR count). The molecule has 0 aliphatic rings. The molecule has 0 aromatic rings. The Labute approximate surface area is 70.7 Å². The number of alkyl halides is 3. The first-order valence-electron chi connectivity index (χ1n) is 3.74. The number of hydrogen-bond donors (Lipinski definition) is 1. The zero-order valence-electron chi connectivity index (χ0n) is 7.57. The van der Waals surface area contributed by atoms with Crippen molar-refractivity contribution in [1.82, 2.24) is 10.2 Å². The number of nitrogens with one attached hydrogen (secondary N) is 1. The fourth-order valence-corrected chi connectivity index (χ4v) is 0.978. The number of hydrogen-bond acceptors (Lipinski definition) is 2. The topological polar surface area (TPSA) is 15.3 Å². The molecule has 12 heavy (non-hydrogen) atoms. The van der Waals surface area contributed by atoms with Crippen LogP contribution in [0.2, 0.25) is 0 Å². The summed E-state index contributed by atoms with van der Waals surface area (Å²) in [6.07, 6.45) is -4.86. The smallest absolute Gasteiger partial charge is 0.315 e. The fourth-order valence-electron chi connectivity index (χ4n) is 0.978. The van der Waals surface area contributed by atoms with Gasteiger partial charge in [-0.25, -0.2) is 0 Å². The molecule has 0 aromatic carbocycles. The summed E-state index contributed by atoms with van der Waals surface area (Å²) in [6, 6.07) is -0.514. The first kappa shape index (κ1) is 11.7. The van der Waals surface area contributed by atoms with Crippen LogP contribution in [-0.4, -0.2) is 44.8 Å². The Balaban J connectivity index is 3.83. The van der Waals surface area contributed by atoms with Crippen molar-refractivity contribution < 1.29 is 13.2 Å². The van der Waals surface area contributed by atoms with E-state index in [2.05, 4.69) is 5.32 Å². The molecule has 74 valence electrons. The van der Waals surface area contributed by atoms with Crippen LogP contribution < -0.4 is 5.32 Å². The molecule has 1 N–H and O–H groups in total. The van der Waals surface area contributed by atoms with Gasteiger partial charge >= 0.3 is 6.18 Å². The minimum absolute atomic E-state index is 0.399. The van der Waals surface area contributed by atoms with Gasteiger partial charge < -0.3 is 10.2 Å². The van der Waals surface area contributed by atoms with Gasteiger partial charge in [0.1, 0.15) is 0 Å². The third-order valence-corrected chi connectivity index (χ3v) is 1.47. The van der Waals surface area contributed by atoms with Gasteiger partial charge in [-0.2, -0.15) is 13.2 Å². The Morgan fingerprint density at radius 2 is 1.83 bits per heavy atom. The first-order valence-corrected chi connectivity index (χ1v) is 3.74. The van der Waals surface area contributed by atoms with E-state index in [1.165, 1.54) is 0 Å². The van der Waals surface area contributed by atoms with Crippen LogP contribution in [0.3, 0.4) is 0 Å². The molecule has 0 saturated heterocycles. The van der Waals surface area contributed by atoms with E-state index < -0.39 is 18.6 Å². The van der Waals surface area contributed by atoms with Crippen molar-refractivity contribution in [2.24, 2.45) is 0 Å². The molecule has 2 nitrogen and oxygen atoms in total. The van der Waals surface area contributed by atoms with E-state index in [-0.39, 0.29) is 0 Å². The van der Waals surface area contributed by atoms with Crippen LogP contribution in [-0.2, 0) is 0 Å². The second-order valence-electron chi connectivity index (χ2n) is 3.07. The van der Waals surface area contributed by atoms with Crippen LogP contribution in [0.1, 0.15) is 6.42 Å². The second-order valence-corrected chi connectivity index (χ2v) is 3.07. The molecule has 0 saturated carbocycles. The second kappa shape index (κ2) is 4.67. The molecule has 0 radical (unpaired) electrons. The van der Waals surface area contributed by atoms with Crippen molar-refractivity contribution in [2.45, 2.75) is 18.6 Å². The summed E-state index contributed by atoms with van der Waals surface area (Å²) in [5.74, 6) is 0. The highest BCUT2D eigenvalue weighted by Crippen LogP contribution is 2.21. The monoisotopic (exact) mass is 184 g/mol. The summed E-state index contributed by atoms with van der Waals surface area (Å²) in [5.41, 5.74) is 0. The lowest BCUT2D eigenvalue weighted by Gasteiger charge is -2.21. The fraction of sp³-hybridized carbons (Fsp3) is 1.00. The quantitative estimate of drug-likeness (QED) is 0.703. The van der Waals surface area contributed by atoms with E-state index in [1.54, 1.807) is 26.0 Å². The third kappa shape index (κ3) is 6.42. The maximum Gasteiger partial charge on any atom is 0.390 e. The SMILES string of the molecule is CNC(CN(C)C)CC(F)(F)F. The molecule has 1 unspecified atom stereocenters. The summed E-state index contributed by atoms with van der Waals surface area (Å²) in [6.45, 7) is 0.399. The minimum atomic E-state index is -4.08. The largest absolute Gasteiger partial charge is 0.390 e. The average Bonchev–Trinajstić information content (AvgIpc) is 1.82. The summed E-state index contributed by atoms with van der Waals surface area (Å²) in [5, 5.41) is 2.63. The average molecular weight is 184 g/mol. The highest BCUT2D eigenvalue weighted by molar-refractivity contribution is 4.71. The molecular weight excluding hydrogens is 169 g/mol. The van der Waals surface area contributed by atoms with Crippen LogP contribution in [0.25, 0.3) is 0 Å². The standard InChI is InChI=1S/C7H15F3N2/c1-11-6(5-12(2)3)4-7(8,9)10/h6,11H,4-5H2,1-3H3. The van der Waals surface area contributed by atoms with Gasteiger partial charge in [0.05, 0.1) is 6.42 Å². The molecule has 0 amide bonds. The van der Waals surface area contributed by atoms with Crippen LogP contribution in [0.4, 0.5) is 13.2 Å². The van der Waals surface area contributed by atoms with Crippen molar-refractivity contribution in [3.63, 3.8) is 0 Å². The predicted octanol–water partition coefficient (Wildman–Crippen LogP) is 1.09. The van der Waals surface area contributed by atoms with E-state index in [1.807, 2.05) is 0 Å². The van der Waals surface area contributed by atoms with Gasteiger partial charge in [-0.1, -0.05) is 0 Å². The van der Waals surface area contributed by atoms with E-state index in [0.29, 0.717) is 6.54 Å². The summed E-state index contributed by atoms with van der Waals surface area (Å²) in [7, 11) is 5.04. The van der Waals surface area contributed by atoms with Crippen LogP contribution >= 0.6 is 0 Å². The lowest BCUT2D eigenvalue weighted by molar-refractivity contribution is -0.140. The molecular formula is C7H15F3N2.